The minimum atomic E-state index is 0.675. The van der Waals surface area contributed by atoms with Gasteiger partial charge in [0.1, 0.15) is 6.07 Å². The van der Waals surface area contributed by atoms with E-state index in [2.05, 4.69) is 29.5 Å². The maximum absolute atomic E-state index is 9.45. The SMILES string of the molecule is Cc1nn(-c2ccc(CNC3CC3)cc2C#N)c(C)c1C. The van der Waals surface area contributed by atoms with E-state index in [-0.39, 0.29) is 0 Å². The fourth-order valence-corrected chi connectivity index (χ4v) is 2.47. The van der Waals surface area contributed by atoms with E-state index < -0.39 is 0 Å². The van der Waals surface area contributed by atoms with Crippen LogP contribution < -0.4 is 5.32 Å². The van der Waals surface area contributed by atoms with Gasteiger partial charge in [-0.3, -0.25) is 0 Å². The van der Waals surface area contributed by atoms with Crippen molar-refractivity contribution in [1.82, 2.24) is 15.1 Å². The highest BCUT2D eigenvalue weighted by Crippen LogP contribution is 2.22. The number of hydrogen-bond donors (Lipinski definition) is 1. The van der Waals surface area contributed by atoms with Gasteiger partial charge in [-0.15, -0.1) is 0 Å². The topological polar surface area (TPSA) is 53.6 Å². The molecular weight excluding hydrogens is 260 g/mol. The Hall–Kier alpha value is -2.12. The lowest BCUT2D eigenvalue weighted by Crippen LogP contribution is -2.15. The summed E-state index contributed by atoms with van der Waals surface area (Å²) in [6, 6.07) is 9.03. The summed E-state index contributed by atoms with van der Waals surface area (Å²) in [5.41, 5.74) is 5.97. The number of aromatic nitrogens is 2. The average molecular weight is 280 g/mol. The summed E-state index contributed by atoms with van der Waals surface area (Å²) in [5, 5.41) is 17.5. The van der Waals surface area contributed by atoms with Gasteiger partial charge in [-0.25, -0.2) is 4.68 Å². The molecule has 0 atom stereocenters. The summed E-state index contributed by atoms with van der Waals surface area (Å²) in [4.78, 5) is 0. The predicted octanol–water partition coefficient (Wildman–Crippen LogP) is 2.92. The van der Waals surface area contributed by atoms with Crippen molar-refractivity contribution in [2.45, 2.75) is 46.2 Å². The van der Waals surface area contributed by atoms with E-state index >= 15 is 0 Å². The van der Waals surface area contributed by atoms with E-state index in [1.165, 1.54) is 18.4 Å². The monoisotopic (exact) mass is 280 g/mol. The van der Waals surface area contributed by atoms with Gasteiger partial charge in [0.15, 0.2) is 0 Å². The van der Waals surface area contributed by atoms with Crippen LogP contribution in [0.4, 0.5) is 0 Å². The van der Waals surface area contributed by atoms with Gasteiger partial charge in [0.2, 0.25) is 0 Å². The summed E-state index contributed by atoms with van der Waals surface area (Å²) in [5.74, 6) is 0. The highest BCUT2D eigenvalue weighted by Gasteiger charge is 2.20. The maximum Gasteiger partial charge on any atom is 0.101 e. The molecule has 1 fully saturated rings. The molecule has 1 heterocycles. The van der Waals surface area contributed by atoms with E-state index in [4.69, 9.17) is 0 Å². The Morgan fingerprint density at radius 3 is 2.67 bits per heavy atom. The van der Waals surface area contributed by atoms with Crippen LogP contribution in [0.1, 0.15) is 40.9 Å². The van der Waals surface area contributed by atoms with E-state index in [0.29, 0.717) is 11.6 Å². The van der Waals surface area contributed by atoms with Crippen LogP contribution >= 0.6 is 0 Å². The molecule has 3 rings (SSSR count). The van der Waals surface area contributed by atoms with Gasteiger partial charge in [0.05, 0.1) is 16.9 Å². The Morgan fingerprint density at radius 2 is 2.10 bits per heavy atom. The van der Waals surface area contributed by atoms with Gasteiger partial charge in [0, 0.05) is 18.3 Å². The fraction of sp³-hybridized carbons (Fsp3) is 0.412. The minimum absolute atomic E-state index is 0.675. The largest absolute Gasteiger partial charge is 0.310 e. The molecule has 0 saturated heterocycles. The second kappa shape index (κ2) is 5.34. The van der Waals surface area contributed by atoms with Crippen LogP contribution in [-0.2, 0) is 6.54 Å². The summed E-state index contributed by atoms with van der Waals surface area (Å²) in [7, 11) is 0. The zero-order chi connectivity index (χ0) is 15.0. The first-order chi connectivity index (χ1) is 10.1. The van der Waals surface area contributed by atoms with Crippen LogP contribution in [0.3, 0.4) is 0 Å². The molecule has 1 aliphatic carbocycles. The molecule has 21 heavy (non-hydrogen) atoms. The van der Waals surface area contributed by atoms with Gasteiger partial charge in [-0.05, 0) is 56.9 Å². The molecular formula is C17H20N4. The molecule has 1 aromatic heterocycles. The molecule has 4 heteroatoms. The molecule has 2 aromatic rings. The van der Waals surface area contributed by atoms with E-state index in [9.17, 15) is 5.26 Å². The lowest BCUT2D eigenvalue weighted by atomic mass is 10.1. The quantitative estimate of drug-likeness (QED) is 0.937. The van der Waals surface area contributed by atoms with Gasteiger partial charge in [0.25, 0.3) is 0 Å². The second-order valence-corrected chi connectivity index (χ2v) is 5.83. The standard InChI is InChI=1S/C17H20N4/c1-11-12(2)20-21(13(11)3)17-7-4-14(8-15(17)9-18)10-19-16-5-6-16/h4,7-8,16,19H,5-6,10H2,1-3H3. The summed E-state index contributed by atoms with van der Waals surface area (Å²) < 4.78 is 1.88. The fourth-order valence-electron chi connectivity index (χ4n) is 2.47. The third-order valence-corrected chi connectivity index (χ3v) is 4.23. The predicted molar refractivity (Wildman–Crippen MR) is 82.4 cm³/mol. The first kappa shape index (κ1) is 13.8. The van der Waals surface area contributed by atoms with Gasteiger partial charge < -0.3 is 5.32 Å². The Kier molecular flexibility index (Phi) is 3.52. The molecule has 0 radical (unpaired) electrons. The molecule has 1 saturated carbocycles. The van der Waals surface area contributed by atoms with Crippen molar-refractivity contribution in [3.63, 3.8) is 0 Å². The number of hydrogen-bond acceptors (Lipinski definition) is 3. The Balaban J connectivity index is 1.94. The molecule has 0 spiro atoms. The molecule has 0 unspecified atom stereocenters. The highest BCUT2D eigenvalue weighted by atomic mass is 15.3. The van der Waals surface area contributed by atoms with Crippen LogP contribution in [0.2, 0.25) is 0 Å². The van der Waals surface area contributed by atoms with Crippen molar-refractivity contribution < 1.29 is 0 Å². The first-order valence-electron chi connectivity index (χ1n) is 7.39. The van der Waals surface area contributed by atoms with E-state index in [1.54, 1.807) is 0 Å². The Bertz CT molecular complexity index is 717. The van der Waals surface area contributed by atoms with Gasteiger partial charge >= 0.3 is 0 Å². The normalized spacial score (nSPS) is 14.2. The van der Waals surface area contributed by atoms with Crippen LogP contribution in [0, 0.1) is 32.1 Å². The number of nitriles is 1. The van der Waals surface area contributed by atoms with Crippen LogP contribution in [0.5, 0.6) is 0 Å². The smallest absolute Gasteiger partial charge is 0.101 e. The van der Waals surface area contributed by atoms with Crippen molar-refractivity contribution in [1.29, 1.82) is 5.26 Å². The Morgan fingerprint density at radius 1 is 1.33 bits per heavy atom. The second-order valence-electron chi connectivity index (χ2n) is 5.83. The third kappa shape index (κ3) is 2.70. The first-order valence-corrected chi connectivity index (χ1v) is 7.39. The van der Waals surface area contributed by atoms with Crippen molar-refractivity contribution in [3.05, 3.63) is 46.3 Å². The number of aryl methyl sites for hydroxylation is 1. The van der Waals surface area contributed by atoms with Gasteiger partial charge in [-0.2, -0.15) is 10.4 Å². The van der Waals surface area contributed by atoms with Crippen molar-refractivity contribution in [2.24, 2.45) is 0 Å². The molecule has 0 amide bonds. The van der Waals surface area contributed by atoms with Crippen molar-refractivity contribution >= 4 is 0 Å². The number of nitrogens with one attached hydrogen (secondary N) is 1. The van der Waals surface area contributed by atoms with E-state index in [1.807, 2.05) is 30.7 Å². The van der Waals surface area contributed by atoms with Crippen LogP contribution in [0.15, 0.2) is 18.2 Å². The van der Waals surface area contributed by atoms with Crippen molar-refractivity contribution in [3.8, 4) is 11.8 Å². The third-order valence-electron chi connectivity index (χ3n) is 4.23. The molecule has 4 nitrogen and oxygen atoms in total. The highest BCUT2D eigenvalue weighted by molar-refractivity contribution is 5.51. The van der Waals surface area contributed by atoms with E-state index in [0.717, 1.165) is 29.2 Å². The zero-order valence-corrected chi connectivity index (χ0v) is 12.8. The average Bonchev–Trinajstić information content (AvgIpc) is 3.29. The minimum Gasteiger partial charge on any atom is -0.310 e. The van der Waals surface area contributed by atoms with Crippen molar-refractivity contribution in [2.75, 3.05) is 0 Å². The number of nitrogens with zero attached hydrogens (tertiary/aromatic N) is 3. The Labute approximate surface area is 125 Å². The molecule has 108 valence electrons. The molecule has 1 N–H and O–H groups in total. The van der Waals surface area contributed by atoms with Crippen LogP contribution in [0.25, 0.3) is 5.69 Å². The zero-order valence-electron chi connectivity index (χ0n) is 12.8. The summed E-state index contributed by atoms with van der Waals surface area (Å²) >= 11 is 0. The molecule has 1 aromatic carbocycles. The summed E-state index contributed by atoms with van der Waals surface area (Å²) in [6.07, 6.45) is 2.54. The van der Waals surface area contributed by atoms with Crippen LogP contribution in [-0.4, -0.2) is 15.8 Å². The number of rotatable bonds is 4. The molecule has 0 aliphatic heterocycles. The van der Waals surface area contributed by atoms with Gasteiger partial charge in [-0.1, -0.05) is 6.07 Å². The lowest BCUT2D eigenvalue weighted by molar-refractivity contribution is 0.687. The molecule has 0 bridgehead atoms. The maximum atomic E-state index is 9.45. The number of benzene rings is 1. The summed E-state index contributed by atoms with van der Waals surface area (Å²) in [6.45, 7) is 6.93. The molecule has 1 aliphatic rings. The lowest BCUT2D eigenvalue weighted by Gasteiger charge is -2.10.